The fourth-order valence-corrected chi connectivity index (χ4v) is 2.33. The minimum atomic E-state index is 0.464. The summed E-state index contributed by atoms with van der Waals surface area (Å²) in [7, 11) is 0. The Morgan fingerprint density at radius 2 is 2.00 bits per heavy atom. The highest BCUT2D eigenvalue weighted by molar-refractivity contribution is 5.76. The summed E-state index contributed by atoms with van der Waals surface area (Å²) in [5.41, 5.74) is 3.73. The van der Waals surface area contributed by atoms with Gasteiger partial charge in [0.25, 0.3) is 0 Å². The van der Waals surface area contributed by atoms with E-state index in [0.29, 0.717) is 12.1 Å². The lowest BCUT2D eigenvalue weighted by atomic mass is 10.1. The highest BCUT2D eigenvalue weighted by Crippen LogP contribution is 2.19. The molecule has 1 N–H and O–H groups in total. The van der Waals surface area contributed by atoms with Gasteiger partial charge in [-0.05, 0) is 50.9 Å². The van der Waals surface area contributed by atoms with Crippen molar-refractivity contribution in [2.45, 2.75) is 52.6 Å². The van der Waals surface area contributed by atoms with Crippen molar-refractivity contribution in [2.75, 3.05) is 6.54 Å². The van der Waals surface area contributed by atoms with Crippen LogP contribution >= 0.6 is 0 Å². The molecular weight excluding hydrogens is 234 g/mol. The number of hydrogen-bond acceptors (Lipinski definition) is 2. The molecule has 3 heteroatoms. The van der Waals surface area contributed by atoms with Crippen LogP contribution in [0.4, 0.5) is 0 Å². The number of nitrogens with zero attached hydrogens (tertiary/aromatic N) is 2. The van der Waals surface area contributed by atoms with Gasteiger partial charge >= 0.3 is 0 Å². The highest BCUT2D eigenvalue weighted by Gasteiger charge is 2.06. The van der Waals surface area contributed by atoms with Crippen LogP contribution in [0.3, 0.4) is 0 Å². The van der Waals surface area contributed by atoms with E-state index >= 15 is 0 Å². The van der Waals surface area contributed by atoms with E-state index in [4.69, 9.17) is 0 Å². The van der Waals surface area contributed by atoms with Crippen molar-refractivity contribution in [3.63, 3.8) is 0 Å². The molecule has 104 valence electrons. The molecule has 0 saturated carbocycles. The molecule has 3 nitrogen and oxygen atoms in total. The summed E-state index contributed by atoms with van der Waals surface area (Å²) in [5, 5.41) is 3.45. The van der Waals surface area contributed by atoms with E-state index in [1.807, 2.05) is 6.33 Å². The van der Waals surface area contributed by atoms with E-state index in [-0.39, 0.29) is 0 Å². The van der Waals surface area contributed by atoms with Crippen LogP contribution in [-0.4, -0.2) is 22.1 Å². The molecule has 0 bridgehead atoms. The van der Waals surface area contributed by atoms with E-state index < -0.39 is 0 Å². The van der Waals surface area contributed by atoms with Crippen LogP contribution in [-0.2, 0) is 6.42 Å². The molecule has 0 atom stereocenters. The second-order valence-corrected chi connectivity index (χ2v) is 5.78. The lowest BCUT2D eigenvalue weighted by molar-refractivity contribution is 0.570. The molecule has 1 heterocycles. The normalized spacial score (nSPS) is 11.9. The van der Waals surface area contributed by atoms with Crippen LogP contribution in [0.2, 0.25) is 0 Å². The van der Waals surface area contributed by atoms with Gasteiger partial charge in [-0.2, -0.15) is 0 Å². The summed E-state index contributed by atoms with van der Waals surface area (Å²) in [6.45, 7) is 9.82. The zero-order valence-corrected chi connectivity index (χ0v) is 12.5. The zero-order chi connectivity index (χ0) is 13.8. The van der Waals surface area contributed by atoms with E-state index in [1.54, 1.807) is 0 Å². The van der Waals surface area contributed by atoms with Gasteiger partial charge in [-0.1, -0.05) is 19.9 Å². The molecule has 0 spiro atoms. The molecule has 1 aromatic heterocycles. The van der Waals surface area contributed by atoms with Crippen molar-refractivity contribution >= 4 is 11.0 Å². The first-order chi connectivity index (χ1) is 9.08. The third-order valence-corrected chi connectivity index (χ3v) is 3.39. The predicted molar refractivity (Wildman–Crippen MR) is 81.6 cm³/mol. The van der Waals surface area contributed by atoms with Gasteiger partial charge in [0.1, 0.15) is 0 Å². The van der Waals surface area contributed by atoms with Gasteiger partial charge in [0, 0.05) is 12.1 Å². The standard InChI is InChI=1S/C16H25N3/c1-12(2)17-9-5-6-14-7-8-16-15(10-14)18-11-19(16)13(3)4/h7-8,10-13,17H,5-6,9H2,1-4H3. The molecule has 0 saturated heterocycles. The molecular formula is C16H25N3. The van der Waals surface area contributed by atoms with Crippen molar-refractivity contribution in [3.8, 4) is 0 Å². The number of fused-ring (bicyclic) bond motifs is 1. The number of nitrogens with one attached hydrogen (secondary N) is 1. The minimum Gasteiger partial charge on any atom is -0.328 e. The maximum atomic E-state index is 4.50. The average molecular weight is 259 g/mol. The van der Waals surface area contributed by atoms with Crippen LogP contribution in [0, 0.1) is 0 Å². The van der Waals surface area contributed by atoms with Crippen LogP contribution in [0.1, 0.15) is 45.7 Å². The fraction of sp³-hybridized carbons (Fsp3) is 0.562. The number of imidazole rings is 1. The Labute approximate surface area is 116 Å². The number of aromatic nitrogens is 2. The van der Waals surface area contributed by atoms with Crippen LogP contribution in [0.5, 0.6) is 0 Å². The number of rotatable bonds is 6. The van der Waals surface area contributed by atoms with Crippen molar-refractivity contribution in [1.82, 2.24) is 14.9 Å². The van der Waals surface area contributed by atoms with Gasteiger partial charge in [-0.3, -0.25) is 0 Å². The second-order valence-electron chi connectivity index (χ2n) is 5.78. The van der Waals surface area contributed by atoms with Crippen molar-refractivity contribution in [1.29, 1.82) is 0 Å². The lowest BCUT2D eigenvalue weighted by Crippen LogP contribution is -2.23. The van der Waals surface area contributed by atoms with Crippen LogP contribution in [0.25, 0.3) is 11.0 Å². The Morgan fingerprint density at radius 1 is 1.21 bits per heavy atom. The summed E-state index contributed by atoms with van der Waals surface area (Å²) in [5.74, 6) is 0. The summed E-state index contributed by atoms with van der Waals surface area (Å²) in [6, 6.07) is 7.70. The van der Waals surface area contributed by atoms with Crippen molar-refractivity contribution < 1.29 is 0 Å². The molecule has 0 aliphatic rings. The summed E-state index contributed by atoms with van der Waals surface area (Å²) < 4.78 is 2.22. The predicted octanol–water partition coefficient (Wildman–Crippen LogP) is 3.55. The summed E-state index contributed by atoms with van der Waals surface area (Å²) >= 11 is 0. The Morgan fingerprint density at radius 3 is 2.68 bits per heavy atom. The maximum Gasteiger partial charge on any atom is 0.0960 e. The van der Waals surface area contributed by atoms with Gasteiger partial charge in [-0.15, -0.1) is 0 Å². The monoisotopic (exact) mass is 259 g/mol. The molecule has 2 aromatic rings. The van der Waals surface area contributed by atoms with E-state index in [9.17, 15) is 0 Å². The van der Waals surface area contributed by atoms with E-state index in [1.165, 1.54) is 17.5 Å². The molecule has 0 amide bonds. The van der Waals surface area contributed by atoms with Gasteiger partial charge in [-0.25, -0.2) is 4.98 Å². The average Bonchev–Trinajstić information content (AvgIpc) is 2.77. The van der Waals surface area contributed by atoms with Gasteiger partial charge in [0.15, 0.2) is 0 Å². The van der Waals surface area contributed by atoms with Gasteiger partial charge in [0.2, 0.25) is 0 Å². The third-order valence-electron chi connectivity index (χ3n) is 3.39. The molecule has 19 heavy (non-hydrogen) atoms. The molecule has 0 unspecified atom stereocenters. The Hall–Kier alpha value is -1.35. The molecule has 0 aliphatic heterocycles. The first kappa shape index (κ1) is 14.1. The van der Waals surface area contributed by atoms with Crippen LogP contribution in [0.15, 0.2) is 24.5 Å². The van der Waals surface area contributed by atoms with Gasteiger partial charge in [0.05, 0.1) is 17.4 Å². The van der Waals surface area contributed by atoms with E-state index in [0.717, 1.165) is 18.5 Å². The first-order valence-corrected chi connectivity index (χ1v) is 7.27. The Balaban J connectivity index is 2.02. The molecule has 0 fully saturated rings. The first-order valence-electron chi connectivity index (χ1n) is 7.27. The Kier molecular flexibility index (Phi) is 4.59. The number of benzene rings is 1. The highest BCUT2D eigenvalue weighted by atomic mass is 15.1. The minimum absolute atomic E-state index is 0.464. The Bertz CT molecular complexity index is 526. The van der Waals surface area contributed by atoms with Crippen LogP contribution < -0.4 is 5.32 Å². The molecule has 1 aromatic carbocycles. The zero-order valence-electron chi connectivity index (χ0n) is 12.5. The lowest BCUT2D eigenvalue weighted by Gasteiger charge is -2.09. The largest absolute Gasteiger partial charge is 0.328 e. The topological polar surface area (TPSA) is 29.9 Å². The number of hydrogen-bond donors (Lipinski definition) is 1. The second kappa shape index (κ2) is 6.20. The molecule has 2 rings (SSSR count). The maximum absolute atomic E-state index is 4.50. The third kappa shape index (κ3) is 3.57. The van der Waals surface area contributed by atoms with Crippen molar-refractivity contribution in [3.05, 3.63) is 30.1 Å². The fourth-order valence-electron chi connectivity index (χ4n) is 2.33. The SMILES string of the molecule is CC(C)NCCCc1ccc2c(c1)ncn2C(C)C. The molecule has 0 aliphatic carbocycles. The van der Waals surface area contributed by atoms with Crippen molar-refractivity contribution in [2.24, 2.45) is 0 Å². The smallest absolute Gasteiger partial charge is 0.0960 e. The summed E-state index contributed by atoms with van der Waals surface area (Å²) in [6.07, 6.45) is 4.23. The van der Waals surface area contributed by atoms with E-state index in [2.05, 4.69) is 60.8 Å². The quantitative estimate of drug-likeness (QED) is 0.804. The summed E-state index contributed by atoms with van der Waals surface area (Å²) in [4.78, 5) is 4.50. The molecule has 0 radical (unpaired) electrons. The van der Waals surface area contributed by atoms with Gasteiger partial charge < -0.3 is 9.88 Å². The number of aryl methyl sites for hydroxylation is 1.